The van der Waals surface area contributed by atoms with Crippen LogP contribution in [0.25, 0.3) is 10.8 Å². The second-order valence-electron chi connectivity index (χ2n) is 6.35. The zero-order valence-electron chi connectivity index (χ0n) is 13.3. The average Bonchev–Trinajstić information content (AvgIpc) is 3.13. The summed E-state index contributed by atoms with van der Waals surface area (Å²) < 4.78 is 0. The number of aryl methyl sites for hydroxylation is 2. The van der Waals surface area contributed by atoms with Crippen LogP contribution in [0.3, 0.4) is 0 Å². The topological polar surface area (TPSA) is 66.5 Å². The van der Waals surface area contributed by atoms with E-state index in [0.717, 1.165) is 23.9 Å². The number of anilines is 1. The van der Waals surface area contributed by atoms with E-state index in [0.29, 0.717) is 0 Å². The summed E-state index contributed by atoms with van der Waals surface area (Å²) in [5.74, 6) is -0.544. The van der Waals surface area contributed by atoms with Gasteiger partial charge in [-0.25, -0.2) is 0 Å². The molecule has 0 aromatic heterocycles. The molecule has 0 spiro atoms. The molecule has 2 aliphatic rings. The van der Waals surface area contributed by atoms with Crippen molar-refractivity contribution in [3.05, 3.63) is 41.5 Å². The zero-order chi connectivity index (χ0) is 16.7. The van der Waals surface area contributed by atoms with Crippen molar-refractivity contribution in [1.29, 1.82) is 0 Å². The first-order valence-electron chi connectivity index (χ1n) is 8.30. The Kier molecular flexibility index (Phi) is 3.56. The number of imide groups is 1. The molecular weight excluding hydrogens is 304 g/mol. The Morgan fingerprint density at radius 3 is 2.42 bits per heavy atom. The van der Waals surface area contributed by atoms with Gasteiger partial charge >= 0.3 is 0 Å². The highest BCUT2D eigenvalue weighted by atomic mass is 16.2. The molecule has 1 aliphatic heterocycles. The van der Waals surface area contributed by atoms with Gasteiger partial charge < -0.3 is 5.32 Å². The minimum absolute atomic E-state index is 0.125. The van der Waals surface area contributed by atoms with Gasteiger partial charge in [-0.3, -0.25) is 19.3 Å². The molecule has 1 heterocycles. The first-order valence-corrected chi connectivity index (χ1v) is 8.30. The molecule has 2 aromatic carbocycles. The number of benzene rings is 2. The Morgan fingerprint density at radius 2 is 1.67 bits per heavy atom. The third-order valence-corrected chi connectivity index (χ3v) is 4.87. The number of amides is 3. The van der Waals surface area contributed by atoms with E-state index >= 15 is 0 Å². The van der Waals surface area contributed by atoms with Gasteiger partial charge in [0.05, 0.1) is 0 Å². The van der Waals surface area contributed by atoms with Crippen LogP contribution in [0.5, 0.6) is 0 Å². The van der Waals surface area contributed by atoms with Gasteiger partial charge in [-0.1, -0.05) is 24.3 Å². The molecular formula is C19H18N2O3. The van der Waals surface area contributed by atoms with Crippen molar-refractivity contribution in [1.82, 2.24) is 4.90 Å². The molecule has 0 atom stereocenters. The Bertz CT molecular complexity index is 846. The number of rotatable bonds is 4. The summed E-state index contributed by atoms with van der Waals surface area (Å²) in [4.78, 5) is 36.6. The first-order chi connectivity index (χ1) is 11.6. The van der Waals surface area contributed by atoms with Crippen LogP contribution >= 0.6 is 0 Å². The highest BCUT2D eigenvalue weighted by Gasteiger charge is 2.28. The van der Waals surface area contributed by atoms with Gasteiger partial charge in [-0.05, 0) is 35.4 Å². The molecule has 5 nitrogen and oxygen atoms in total. The summed E-state index contributed by atoms with van der Waals surface area (Å²) in [6.07, 6.45) is 2.73. The van der Waals surface area contributed by atoms with Gasteiger partial charge in [0, 0.05) is 36.9 Å². The Labute approximate surface area is 139 Å². The van der Waals surface area contributed by atoms with Gasteiger partial charge in [0.15, 0.2) is 0 Å². The third kappa shape index (κ3) is 2.46. The third-order valence-electron chi connectivity index (χ3n) is 4.87. The fourth-order valence-corrected chi connectivity index (χ4v) is 3.65. The lowest BCUT2D eigenvalue weighted by atomic mass is 10.0. The number of carbonyl (C=O) groups is 3. The Morgan fingerprint density at radius 1 is 0.958 bits per heavy atom. The maximum absolute atomic E-state index is 12.3. The molecule has 5 heteroatoms. The van der Waals surface area contributed by atoms with Gasteiger partial charge in [0.1, 0.15) is 0 Å². The maximum Gasteiger partial charge on any atom is 0.229 e. The number of hydrogen-bond acceptors (Lipinski definition) is 3. The van der Waals surface area contributed by atoms with Crippen LogP contribution in [-0.4, -0.2) is 29.2 Å². The summed E-state index contributed by atoms with van der Waals surface area (Å²) in [7, 11) is 0. The molecule has 0 saturated carbocycles. The fraction of sp³-hybridized carbons (Fsp3) is 0.316. The lowest BCUT2D eigenvalue weighted by molar-refractivity contribution is -0.138. The van der Waals surface area contributed by atoms with E-state index < -0.39 is 0 Å². The molecule has 4 rings (SSSR count). The number of nitrogens with one attached hydrogen (secondary N) is 1. The van der Waals surface area contributed by atoms with Gasteiger partial charge in [-0.2, -0.15) is 0 Å². The quantitative estimate of drug-likeness (QED) is 0.879. The van der Waals surface area contributed by atoms with Gasteiger partial charge in [-0.15, -0.1) is 0 Å². The largest absolute Gasteiger partial charge is 0.325 e. The van der Waals surface area contributed by atoms with E-state index in [9.17, 15) is 14.4 Å². The van der Waals surface area contributed by atoms with Crippen LogP contribution in [0.15, 0.2) is 30.3 Å². The van der Waals surface area contributed by atoms with Crippen molar-refractivity contribution in [3.63, 3.8) is 0 Å². The van der Waals surface area contributed by atoms with Crippen molar-refractivity contribution in [2.45, 2.75) is 32.1 Å². The summed E-state index contributed by atoms with van der Waals surface area (Å²) in [6, 6.07) is 10.2. The number of likely N-dealkylation sites (tertiary alicyclic amines) is 1. The van der Waals surface area contributed by atoms with Crippen LogP contribution < -0.4 is 5.32 Å². The molecule has 0 unspecified atom stereocenters. The van der Waals surface area contributed by atoms with Gasteiger partial charge in [0.25, 0.3) is 0 Å². The van der Waals surface area contributed by atoms with Crippen molar-refractivity contribution >= 4 is 34.2 Å². The fourth-order valence-electron chi connectivity index (χ4n) is 3.65. The number of hydrogen-bond donors (Lipinski definition) is 1. The first kappa shape index (κ1) is 14.9. The highest BCUT2D eigenvalue weighted by Crippen LogP contribution is 2.35. The summed E-state index contributed by atoms with van der Waals surface area (Å²) in [5, 5.41) is 5.24. The van der Waals surface area contributed by atoms with E-state index in [1.807, 2.05) is 18.2 Å². The Balaban J connectivity index is 1.50. The molecule has 24 heavy (non-hydrogen) atoms. The zero-order valence-corrected chi connectivity index (χ0v) is 13.3. The van der Waals surface area contributed by atoms with E-state index in [-0.39, 0.29) is 43.5 Å². The van der Waals surface area contributed by atoms with Crippen molar-refractivity contribution < 1.29 is 14.4 Å². The molecule has 0 bridgehead atoms. The standard InChI is InChI=1S/C19H18N2O3/c22-16(10-11-21-17(23)8-9-18(21)24)20-15-7-6-13-5-4-12-2-1-3-14(15)19(12)13/h1-3,6-7H,4-5,8-11H2,(H,20,22). The molecule has 0 radical (unpaired) electrons. The van der Waals surface area contributed by atoms with Crippen LogP contribution in [0.4, 0.5) is 5.69 Å². The van der Waals surface area contributed by atoms with E-state index in [2.05, 4.69) is 17.4 Å². The predicted molar refractivity (Wildman–Crippen MR) is 90.6 cm³/mol. The van der Waals surface area contributed by atoms with Crippen molar-refractivity contribution in [3.8, 4) is 0 Å². The summed E-state index contributed by atoms with van der Waals surface area (Å²) >= 11 is 0. The van der Waals surface area contributed by atoms with Crippen LogP contribution in [0.1, 0.15) is 30.4 Å². The van der Waals surface area contributed by atoms with Crippen molar-refractivity contribution in [2.75, 3.05) is 11.9 Å². The predicted octanol–water partition coefficient (Wildman–Crippen LogP) is 2.42. The van der Waals surface area contributed by atoms with Crippen LogP contribution in [0, 0.1) is 0 Å². The molecule has 1 fully saturated rings. The summed E-state index contributed by atoms with van der Waals surface area (Å²) in [5.41, 5.74) is 3.44. The number of nitrogens with zero attached hydrogens (tertiary/aromatic N) is 1. The maximum atomic E-state index is 12.3. The van der Waals surface area contributed by atoms with Gasteiger partial charge in [0.2, 0.25) is 17.7 Å². The Hall–Kier alpha value is -2.69. The second-order valence-corrected chi connectivity index (χ2v) is 6.35. The number of carbonyl (C=O) groups excluding carboxylic acids is 3. The average molecular weight is 322 g/mol. The van der Waals surface area contributed by atoms with E-state index in [1.165, 1.54) is 21.4 Å². The minimum Gasteiger partial charge on any atom is -0.325 e. The van der Waals surface area contributed by atoms with Crippen molar-refractivity contribution in [2.24, 2.45) is 0 Å². The van der Waals surface area contributed by atoms with Crippen LogP contribution in [0.2, 0.25) is 0 Å². The smallest absolute Gasteiger partial charge is 0.229 e. The molecule has 1 N–H and O–H groups in total. The van der Waals surface area contributed by atoms with E-state index in [4.69, 9.17) is 0 Å². The molecule has 122 valence electrons. The molecule has 3 amide bonds. The normalized spacial score (nSPS) is 16.2. The SMILES string of the molecule is O=C(CCN1C(=O)CCC1=O)Nc1ccc2c3c(cccc13)CC2. The van der Waals surface area contributed by atoms with E-state index in [1.54, 1.807) is 0 Å². The lowest BCUT2D eigenvalue weighted by Crippen LogP contribution is -2.32. The minimum atomic E-state index is -0.182. The highest BCUT2D eigenvalue weighted by molar-refractivity contribution is 6.06. The molecule has 1 saturated heterocycles. The summed E-state index contributed by atoms with van der Waals surface area (Å²) in [6.45, 7) is 0.158. The van der Waals surface area contributed by atoms with Crippen LogP contribution in [-0.2, 0) is 27.2 Å². The second kappa shape index (κ2) is 5.74. The molecule has 1 aliphatic carbocycles. The monoisotopic (exact) mass is 322 g/mol. The lowest BCUT2D eigenvalue weighted by Gasteiger charge is -2.14. The molecule has 2 aromatic rings.